The minimum atomic E-state index is -4.56. The molecule has 178 valence electrons. The average molecular weight is 485 g/mol. The number of benzene rings is 1. The largest absolute Gasteiger partial charge is 0.452 e. The number of carbonyl (C=O) groups is 2. The number of esters is 1. The third kappa shape index (κ3) is 6.08. The van der Waals surface area contributed by atoms with Crippen molar-refractivity contribution in [2.75, 3.05) is 18.4 Å². The highest BCUT2D eigenvalue weighted by Crippen LogP contribution is 2.31. The summed E-state index contributed by atoms with van der Waals surface area (Å²) < 4.78 is 70.2. The number of halogens is 3. The number of carbonyl (C=O) groups excluding carboxylic acids is 2. The summed E-state index contributed by atoms with van der Waals surface area (Å²) in [5, 5.41) is 2.30. The minimum Gasteiger partial charge on any atom is -0.452 e. The number of anilines is 1. The maximum atomic E-state index is 12.8. The first-order valence-electron chi connectivity index (χ1n) is 10.1. The summed E-state index contributed by atoms with van der Waals surface area (Å²) in [5.74, 6) is -2.05. The Morgan fingerprint density at radius 1 is 1.18 bits per heavy atom. The standard InChI is InChI=1S/C21H22F3N3O5S/c1-14(19(28)26-17-5-2-4-16(12-17)21(22,23)24)32-20(29)15-7-10-27(11-8-15)33(30,31)18-6-3-9-25-13-18/h2-6,9,12-15H,7-8,10-11H2,1H3,(H,26,28). The van der Waals surface area contributed by atoms with E-state index in [1.807, 2.05) is 0 Å². The summed E-state index contributed by atoms with van der Waals surface area (Å²) in [4.78, 5) is 28.6. The zero-order valence-electron chi connectivity index (χ0n) is 17.6. The second-order valence-electron chi connectivity index (χ2n) is 7.51. The molecule has 1 aliphatic rings. The quantitative estimate of drug-likeness (QED) is 0.631. The maximum absolute atomic E-state index is 12.8. The molecule has 1 aliphatic heterocycles. The molecule has 12 heteroatoms. The highest BCUT2D eigenvalue weighted by atomic mass is 32.2. The lowest BCUT2D eigenvalue weighted by Gasteiger charge is -2.30. The van der Waals surface area contributed by atoms with E-state index in [0.717, 1.165) is 18.2 Å². The Morgan fingerprint density at radius 2 is 1.88 bits per heavy atom. The van der Waals surface area contributed by atoms with Crippen molar-refractivity contribution in [2.24, 2.45) is 5.92 Å². The van der Waals surface area contributed by atoms with Gasteiger partial charge in [0.25, 0.3) is 5.91 Å². The van der Waals surface area contributed by atoms with Gasteiger partial charge in [-0.2, -0.15) is 17.5 Å². The number of hydrogen-bond acceptors (Lipinski definition) is 6. The summed E-state index contributed by atoms with van der Waals surface area (Å²) in [6.45, 7) is 1.51. The zero-order chi connectivity index (χ0) is 24.2. The molecule has 1 fully saturated rings. The number of pyridine rings is 1. The molecule has 0 spiro atoms. The van der Waals surface area contributed by atoms with Crippen LogP contribution < -0.4 is 5.32 Å². The van der Waals surface area contributed by atoms with Crippen LogP contribution in [0.2, 0.25) is 0 Å². The molecule has 0 bridgehead atoms. The molecule has 33 heavy (non-hydrogen) atoms. The SMILES string of the molecule is CC(OC(=O)C1CCN(S(=O)(=O)c2cccnc2)CC1)C(=O)Nc1cccc(C(F)(F)F)c1. The third-order valence-electron chi connectivity index (χ3n) is 5.18. The number of amides is 1. The fraction of sp³-hybridized carbons (Fsp3) is 0.381. The predicted molar refractivity (Wildman–Crippen MR) is 111 cm³/mol. The van der Waals surface area contributed by atoms with Crippen molar-refractivity contribution in [3.05, 3.63) is 54.4 Å². The predicted octanol–water partition coefficient (Wildman–Crippen LogP) is 3.07. The number of nitrogens with one attached hydrogen (secondary N) is 1. The molecule has 1 unspecified atom stereocenters. The molecule has 1 N–H and O–H groups in total. The van der Waals surface area contributed by atoms with E-state index in [9.17, 15) is 31.2 Å². The maximum Gasteiger partial charge on any atom is 0.416 e. The summed E-state index contributed by atoms with van der Waals surface area (Å²) in [7, 11) is -3.72. The Hall–Kier alpha value is -2.99. The molecule has 2 aromatic rings. The molecule has 8 nitrogen and oxygen atoms in total. The van der Waals surface area contributed by atoms with Gasteiger partial charge in [0.05, 0.1) is 11.5 Å². The molecule has 1 amide bonds. The third-order valence-corrected chi connectivity index (χ3v) is 7.06. The number of nitrogens with zero attached hydrogens (tertiary/aromatic N) is 2. The Kier molecular flexibility index (Phi) is 7.38. The molecule has 1 saturated heterocycles. The molecule has 1 atom stereocenters. The van der Waals surface area contributed by atoms with E-state index in [1.54, 1.807) is 0 Å². The van der Waals surface area contributed by atoms with E-state index >= 15 is 0 Å². The second kappa shape index (κ2) is 9.87. The van der Waals surface area contributed by atoms with Gasteiger partial charge in [0.1, 0.15) is 4.90 Å². The van der Waals surface area contributed by atoms with Crippen molar-refractivity contribution in [1.82, 2.24) is 9.29 Å². The fourth-order valence-electron chi connectivity index (χ4n) is 3.32. The van der Waals surface area contributed by atoms with Gasteiger partial charge in [-0.15, -0.1) is 0 Å². The van der Waals surface area contributed by atoms with Crippen LogP contribution in [-0.4, -0.2) is 48.8 Å². The van der Waals surface area contributed by atoms with Crippen LogP contribution in [0.4, 0.5) is 18.9 Å². The molecule has 2 heterocycles. The minimum absolute atomic E-state index is 0.0610. The van der Waals surface area contributed by atoms with Crippen LogP contribution in [0.3, 0.4) is 0 Å². The van der Waals surface area contributed by atoms with Crippen molar-refractivity contribution in [1.29, 1.82) is 0 Å². The van der Waals surface area contributed by atoms with Gasteiger partial charge in [0.15, 0.2) is 6.10 Å². The van der Waals surface area contributed by atoms with Crippen LogP contribution in [0.15, 0.2) is 53.7 Å². The summed E-state index contributed by atoms with van der Waals surface area (Å²) in [6.07, 6.45) is -2.67. The van der Waals surface area contributed by atoms with Gasteiger partial charge >= 0.3 is 12.1 Å². The molecular formula is C21H22F3N3O5S. The van der Waals surface area contributed by atoms with Crippen LogP contribution in [0.1, 0.15) is 25.3 Å². The smallest absolute Gasteiger partial charge is 0.416 e. The van der Waals surface area contributed by atoms with E-state index in [4.69, 9.17) is 4.74 Å². The number of hydrogen-bond donors (Lipinski definition) is 1. The topological polar surface area (TPSA) is 106 Å². The van der Waals surface area contributed by atoms with E-state index < -0.39 is 45.7 Å². The Labute approximate surface area is 188 Å². The van der Waals surface area contributed by atoms with Gasteiger partial charge in [0.2, 0.25) is 10.0 Å². The number of sulfonamides is 1. The van der Waals surface area contributed by atoms with Crippen molar-refractivity contribution in [3.8, 4) is 0 Å². The second-order valence-corrected chi connectivity index (χ2v) is 9.45. The van der Waals surface area contributed by atoms with Crippen molar-refractivity contribution in [2.45, 2.75) is 36.9 Å². The van der Waals surface area contributed by atoms with Gasteiger partial charge in [-0.25, -0.2) is 8.42 Å². The van der Waals surface area contributed by atoms with E-state index in [-0.39, 0.29) is 36.5 Å². The summed E-state index contributed by atoms with van der Waals surface area (Å²) in [6, 6.07) is 7.06. The van der Waals surface area contributed by atoms with Crippen LogP contribution >= 0.6 is 0 Å². The first-order valence-corrected chi connectivity index (χ1v) is 11.5. The number of ether oxygens (including phenoxy) is 1. The Bertz CT molecular complexity index is 1100. The van der Waals surface area contributed by atoms with Crippen LogP contribution in [0, 0.1) is 5.92 Å². The van der Waals surface area contributed by atoms with Gasteiger partial charge in [0, 0.05) is 31.2 Å². The lowest BCUT2D eigenvalue weighted by molar-refractivity contribution is -0.158. The number of piperidine rings is 1. The number of alkyl halides is 3. The normalized spacial score (nSPS) is 16.7. The van der Waals surface area contributed by atoms with E-state index in [0.29, 0.717) is 0 Å². The van der Waals surface area contributed by atoms with E-state index in [1.165, 1.54) is 41.8 Å². The Balaban J connectivity index is 1.53. The van der Waals surface area contributed by atoms with Crippen LogP contribution in [0.25, 0.3) is 0 Å². The van der Waals surface area contributed by atoms with Crippen molar-refractivity contribution >= 4 is 27.6 Å². The van der Waals surface area contributed by atoms with Crippen molar-refractivity contribution in [3.63, 3.8) is 0 Å². The molecule has 1 aromatic heterocycles. The zero-order valence-corrected chi connectivity index (χ0v) is 18.4. The van der Waals surface area contributed by atoms with Crippen molar-refractivity contribution < 1.29 is 35.9 Å². The lowest BCUT2D eigenvalue weighted by Crippen LogP contribution is -2.41. The van der Waals surface area contributed by atoms with Gasteiger partial charge in [-0.1, -0.05) is 6.07 Å². The Morgan fingerprint density at radius 3 is 2.48 bits per heavy atom. The summed E-state index contributed by atoms with van der Waals surface area (Å²) >= 11 is 0. The van der Waals surface area contributed by atoms with Gasteiger partial charge < -0.3 is 10.1 Å². The monoisotopic (exact) mass is 485 g/mol. The highest BCUT2D eigenvalue weighted by Gasteiger charge is 2.34. The van der Waals surface area contributed by atoms with E-state index in [2.05, 4.69) is 10.3 Å². The highest BCUT2D eigenvalue weighted by molar-refractivity contribution is 7.89. The number of rotatable bonds is 6. The fourth-order valence-corrected chi connectivity index (χ4v) is 4.76. The molecular weight excluding hydrogens is 463 g/mol. The molecule has 1 aromatic carbocycles. The molecule has 0 radical (unpaired) electrons. The molecule has 0 saturated carbocycles. The average Bonchev–Trinajstić information content (AvgIpc) is 2.79. The lowest BCUT2D eigenvalue weighted by atomic mass is 9.98. The van der Waals surface area contributed by atoms with Crippen LogP contribution in [-0.2, 0) is 30.5 Å². The number of aromatic nitrogens is 1. The molecule has 3 rings (SSSR count). The van der Waals surface area contributed by atoms with Gasteiger partial charge in [-0.05, 0) is 50.1 Å². The van der Waals surface area contributed by atoms with Crippen LogP contribution in [0.5, 0.6) is 0 Å². The first-order chi connectivity index (χ1) is 15.5. The van der Waals surface area contributed by atoms with Gasteiger partial charge in [-0.3, -0.25) is 14.6 Å². The first kappa shape index (κ1) is 24.6. The summed E-state index contributed by atoms with van der Waals surface area (Å²) in [5.41, 5.74) is -0.996. The molecule has 0 aliphatic carbocycles.